The number of ketones is 1. The maximum absolute atomic E-state index is 14.3. The summed E-state index contributed by atoms with van der Waals surface area (Å²) in [5.41, 5.74) is 6.86. The number of Topliss-reactive ketones (excluding diaryl/α,β-unsaturated/α-hetero) is 1. The molecule has 1 fully saturated rings. The zero-order chi connectivity index (χ0) is 33.2. The fourth-order valence-corrected chi connectivity index (χ4v) is 6.81. The Morgan fingerprint density at radius 3 is 1.58 bits per heavy atom. The predicted molar refractivity (Wildman–Crippen MR) is 195 cm³/mol. The van der Waals surface area contributed by atoms with Gasteiger partial charge in [-0.3, -0.25) is 9.69 Å². The number of hydrogen-bond acceptors (Lipinski definition) is 3. The first kappa shape index (κ1) is 31.6. The second kappa shape index (κ2) is 13.6. The topological polar surface area (TPSA) is 56.5 Å². The van der Waals surface area contributed by atoms with E-state index in [0.29, 0.717) is 34.3 Å². The van der Waals surface area contributed by atoms with Crippen LogP contribution in [0.15, 0.2) is 121 Å². The Labute approximate surface area is 289 Å². The number of nitrogens with zero attached hydrogens (tertiary/aromatic N) is 3. The highest BCUT2D eigenvalue weighted by molar-refractivity contribution is 6.31. The van der Waals surface area contributed by atoms with Crippen molar-refractivity contribution in [3.05, 3.63) is 153 Å². The molecule has 0 N–H and O–H groups in total. The van der Waals surface area contributed by atoms with Crippen molar-refractivity contribution in [2.24, 2.45) is 0 Å². The van der Waals surface area contributed by atoms with E-state index in [9.17, 15) is 9.59 Å². The number of rotatable bonds is 7. The number of piperidine rings is 1. The van der Waals surface area contributed by atoms with E-state index in [2.05, 4.69) is 21.3 Å². The lowest BCUT2D eigenvalue weighted by molar-refractivity contribution is -0.113. The minimum atomic E-state index is -0.455. The number of carbonyl (C=O) groups is 2. The van der Waals surface area contributed by atoms with Gasteiger partial charge in [-0.05, 0) is 54.5 Å². The molecule has 6 nitrogen and oxygen atoms in total. The SMILES string of the molecule is CCOC(=O)N1C/C(=C\c2cn(Cc3ccccc3Cl)c3ccccc23)C(=O)/C(=C/c2cn(Cc3ccccc3Cl)c3ccccc23)C1. The van der Waals surface area contributed by atoms with Crippen LogP contribution in [0.1, 0.15) is 29.2 Å². The highest BCUT2D eigenvalue weighted by atomic mass is 35.5. The van der Waals surface area contributed by atoms with Gasteiger partial charge >= 0.3 is 6.09 Å². The number of fused-ring (bicyclic) bond motifs is 2. The van der Waals surface area contributed by atoms with Crippen LogP contribution in [0.2, 0.25) is 10.0 Å². The van der Waals surface area contributed by atoms with Gasteiger partial charge in [-0.25, -0.2) is 4.79 Å². The quantitative estimate of drug-likeness (QED) is 0.159. The zero-order valence-electron chi connectivity index (χ0n) is 26.4. The Balaban J connectivity index is 1.30. The normalized spacial score (nSPS) is 15.2. The van der Waals surface area contributed by atoms with E-state index >= 15 is 0 Å². The lowest BCUT2D eigenvalue weighted by atomic mass is 9.94. The fourth-order valence-electron chi connectivity index (χ4n) is 6.42. The van der Waals surface area contributed by atoms with Gasteiger partial charge in [0.2, 0.25) is 0 Å². The molecule has 3 heterocycles. The molecule has 4 aromatic carbocycles. The molecule has 0 unspecified atom stereocenters. The maximum Gasteiger partial charge on any atom is 0.410 e. The number of halogens is 2. The summed E-state index contributed by atoms with van der Waals surface area (Å²) in [4.78, 5) is 29.0. The second-order valence-electron chi connectivity index (χ2n) is 11.9. The maximum atomic E-state index is 14.3. The number of amides is 1. The van der Waals surface area contributed by atoms with Gasteiger partial charge < -0.3 is 13.9 Å². The molecule has 0 saturated carbocycles. The number of hydrogen-bond donors (Lipinski definition) is 0. The van der Waals surface area contributed by atoms with Crippen molar-refractivity contribution in [3.8, 4) is 0 Å². The Hall–Kier alpha value is -5.04. The molecular formula is C40H33Cl2N3O3. The summed E-state index contributed by atoms with van der Waals surface area (Å²) in [6.07, 6.45) is 7.46. The Kier molecular flexibility index (Phi) is 8.94. The number of benzene rings is 4. The Morgan fingerprint density at radius 1 is 0.688 bits per heavy atom. The zero-order valence-corrected chi connectivity index (χ0v) is 27.9. The molecule has 7 rings (SSSR count). The third kappa shape index (κ3) is 6.29. The van der Waals surface area contributed by atoms with Crippen molar-refractivity contribution >= 4 is 69.0 Å². The van der Waals surface area contributed by atoms with Gasteiger partial charge in [0.15, 0.2) is 5.78 Å². The first-order valence-corrected chi connectivity index (χ1v) is 16.6. The minimum absolute atomic E-state index is 0.0959. The minimum Gasteiger partial charge on any atom is -0.450 e. The molecule has 0 atom stereocenters. The molecule has 0 bridgehead atoms. The molecule has 0 spiro atoms. The summed E-state index contributed by atoms with van der Waals surface area (Å²) in [5.74, 6) is -0.0959. The molecule has 1 saturated heterocycles. The van der Waals surface area contributed by atoms with Crippen LogP contribution in [0, 0.1) is 0 Å². The van der Waals surface area contributed by atoms with Crippen LogP contribution < -0.4 is 0 Å². The molecule has 0 aliphatic carbocycles. The molecule has 1 aliphatic heterocycles. The Morgan fingerprint density at radius 2 is 1.12 bits per heavy atom. The number of carbonyl (C=O) groups excluding carboxylic acids is 2. The van der Waals surface area contributed by atoms with Gasteiger partial charge in [0, 0.05) is 79.6 Å². The van der Waals surface area contributed by atoms with Gasteiger partial charge in [0.05, 0.1) is 19.7 Å². The van der Waals surface area contributed by atoms with Crippen LogP contribution in [-0.4, -0.2) is 45.6 Å². The van der Waals surface area contributed by atoms with Crippen molar-refractivity contribution in [2.75, 3.05) is 19.7 Å². The molecule has 2 aromatic heterocycles. The van der Waals surface area contributed by atoms with E-state index in [-0.39, 0.29) is 25.5 Å². The summed E-state index contributed by atoms with van der Waals surface area (Å²) in [7, 11) is 0. The van der Waals surface area contributed by atoms with Crippen molar-refractivity contribution in [2.45, 2.75) is 20.0 Å². The molecule has 8 heteroatoms. The average molecular weight is 675 g/mol. The van der Waals surface area contributed by atoms with Gasteiger partial charge in [-0.2, -0.15) is 0 Å². The summed E-state index contributed by atoms with van der Waals surface area (Å²) in [6, 6.07) is 31.8. The van der Waals surface area contributed by atoms with E-state index in [1.165, 1.54) is 0 Å². The molecule has 6 aromatic rings. The Bertz CT molecular complexity index is 2100. The standard InChI is InChI=1S/C40H33Cl2N3O3/c1-2-48-40(47)45-25-31(19-29-23-43(37-17-9-5-13-33(29)37)21-27-11-3-7-15-35(27)41)39(46)32(26-45)20-30-24-44(38-18-10-6-14-34(30)38)22-28-12-4-8-16-36(28)42/h3-20,23-24H,2,21-22,25-26H2,1H3/b31-19+,32-20+. The molecule has 48 heavy (non-hydrogen) atoms. The van der Waals surface area contributed by atoms with Crippen molar-refractivity contribution in [1.82, 2.24) is 14.0 Å². The summed E-state index contributed by atoms with van der Waals surface area (Å²) >= 11 is 13.0. The molecule has 0 radical (unpaired) electrons. The third-order valence-corrected chi connectivity index (χ3v) is 9.46. The predicted octanol–water partition coefficient (Wildman–Crippen LogP) is 9.51. The van der Waals surface area contributed by atoms with Gasteiger partial charge in [0.25, 0.3) is 0 Å². The second-order valence-corrected chi connectivity index (χ2v) is 12.7. The van der Waals surface area contributed by atoms with Gasteiger partial charge in [-0.1, -0.05) is 96.0 Å². The van der Waals surface area contributed by atoms with Gasteiger partial charge in [0.1, 0.15) is 0 Å². The lowest BCUT2D eigenvalue weighted by Crippen LogP contribution is -2.41. The number of aromatic nitrogens is 2. The largest absolute Gasteiger partial charge is 0.450 e. The molecule has 240 valence electrons. The van der Waals surface area contributed by atoms with Crippen molar-refractivity contribution in [1.29, 1.82) is 0 Å². The summed E-state index contributed by atoms with van der Waals surface area (Å²) in [6.45, 7) is 3.47. The van der Waals surface area contributed by atoms with Crippen molar-refractivity contribution in [3.63, 3.8) is 0 Å². The fraction of sp³-hybridized carbons (Fsp3) is 0.150. The third-order valence-electron chi connectivity index (χ3n) is 8.73. The monoisotopic (exact) mass is 673 g/mol. The van der Waals surface area contributed by atoms with Crippen LogP contribution in [0.25, 0.3) is 34.0 Å². The number of ether oxygens (including phenoxy) is 1. The summed E-state index contributed by atoms with van der Waals surface area (Å²) in [5, 5.41) is 3.41. The smallest absolute Gasteiger partial charge is 0.410 e. The van der Waals surface area contributed by atoms with E-state index in [4.69, 9.17) is 27.9 Å². The molecular weight excluding hydrogens is 641 g/mol. The van der Waals surface area contributed by atoms with Crippen LogP contribution in [0.4, 0.5) is 4.79 Å². The molecule has 1 amide bonds. The lowest BCUT2D eigenvalue weighted by Gasteiger charge is -2.29. The first-order valence-electron chi connectivity index (χ1n) is 15.9. The van der Waals surface area contributed by atoms with Crippen LogP contribution in [0.3, 0.4) is 0 Å². The van der Waals surface area contributed by atoms with Crippen LogP contribution >= 0.6 is 23.2 Å². The van der Waals surface area contributed by atoms with Crippen LogP contribution in [-0.2, 0) is 22.6 Å². The van der Waals surface area contributed by atoms with Gasteiger partial charge in [-0.15, -0.1) is 0 Å². The van der Waals surface area contributed by atoms with E-state index in [1.807, 2.05) is 109 Å². The van der Waals surface area contributed by atoms with E-state index in [1.54, 1.807) is 11.8 Å². The number of para-hydroxylation sites is 2. The van der Waals surface area contributed by atoms with Crippen molar-refractivity contribution < 1.29 is 14.3 Å². The highest BCUT2D eigenvalue weighted by Gasteiger charge is 2.30. The van der Waals surface area contributed by atoms with E-state index in [0.717, 1.165) is 44.1 Å². The summed E-state index contributed by atoms with van der Waals surface area (Å²) < 4.78 is 9.69. The number of likely N-dealkylation sites (tertiary alicyclic amines) is 1. The highest BCUT2D eigenvalue weighted by Crippen LogP contribution is 2.31. The molecule has 1 aliphatic rings. The van der Waals surface area contributed by atoms with E-state index < -0.39 is 6.09 Å². The average Bonchev–Trinajstić information content (AvgIpc) is 3.62. The first-order chi connectivity index (χ1) is 23.4. The van der Waals surface area contributed by atoms with Crippen LogP contribution in [0.5, 0.6) is 0 Å².